The van der Waals surface area contributed by atoms with Gasteiger partial charge in [0.05, 0.1) is 6.42 Å². The molecule has 0 saturated carbocycles. The molecular weight excluding hydrogens is 367 g/mol. The van der Waals surface area contributed by atoms with Gasteiger partial charge in [-0.05, 0) is 29.3 Å². The zero-order valence-electron chi connectivity index (χ0n) is 15.5. The summed E-state index contributed by atoms with van der Waals surface area (Å²) in [5.74, 6) is 0.212. The summed E-state index contributed by atoms with van der Waals surface area (Å²) in [6, 6.07) is 13.7. The first-order valence-electron chi connectivity index (χ1n) is 8.66. The highest BCUT2D eigenvalue weighted by molar-refractivity contribution is 6.31. The van der Waals surface area contributed by atoms with Crippen LogP contribution in [0.2, 0.25) is 5.02 Å². The number of benzene rings is 2. The van der Waals surface area contributed by atoms with E-state index >= 15 is 0 Å². The van der Waals surface area contributed by atoms with E-state index in [0.717, 1.165) is 5.56 Å². The van der Waals surface area contributed by atoms with Crippen LogP contribution in [0.5, 0.6) is 0 Å². The SMILES string of the molecule is CN=C(NCCNC(=O)Cc1cccc(F)c1)N(C)Cc1ccccc1Cl. The lowest BCUT2D eigenvalue weighted by Gasteiger charge is -2.22. The summed E-state index contributed by atoms with van der Waals surface area (Å²) >= 11 is 6.20. The highest BCUT2D eigenvalue weighted by Crippen LogP contribution is 2.16. The maximum Gasteiger partial charge on any atom is 0.224 e. The van der Waals surface area contributed by atoms with Crippen molar-refractivity contribution in [1.82, 2.24) is 15.5 Å². The van der Waals surface area contributed by atoms with Crippen LogP contribution in [0.15, 0.2) is 53.5 Å². The fourth-order valence-electron chi connectivity index (χ4n) is 2.61. The average Bonchev–Trinajstić information content (AvgIpc) is 2.63. The van der Waals surface area contributed by atoms with Crippen LogP contribution in [0.25, 0.3) is 0 Å². The molecule has 2 aromatic rings. The van der Waals surface area contributed by atoms with Crippen LogP contribution < -0.4 is 10.6 Å². The van der Waals surface area contributed by atoms with Crippen LogP contribution in [0.4, 0.5) is 4.39 Å². The average molecular weight is 391 g/mol. The third-order valence-electron chi connectivity index (χ3n) is 3.92. The van der Waals surface area contributed by atoms with Crippen LogP contribution in [0.3, 0.4) is 0 Å². The zero-order chi connectivity index (χ0) is 19.6. The second-order valence-electron chi connectivity index (χ2n) is 6.08. The molecule has 0 unspecified atom stereocenters. The quantitative estimate of drug-likeness (QED) is 0.434. The van der Waals surface area contributed by atoms with Gasteiger partial charge in [-0.2, -0.15) is 0 Å². The summed E-state index contributed by atoms with van der Waals surface area (Å²) in [5, 5.41) is 6.72. The number of hydrogen-bond acceptors (Lipinski definition) is 2. The van der Waals surface area contributed by atoms with Crippen LogP contribution in [-0.2, 0) is 17.8 Å². The smallest absolute Gasteiger partial charge is 0.224 e. The van der Waals surface area contributed by atoms with Gasteiger partial charge < -0.3 is 15.5 Å². The van der Waals surface area contributed by atoms with E-state index in [0.29, 0.717) is 36.2 Å². The number of aliphatic imine (C=N–C) groups is 1. The Morgan fingerprint density at radius 3 is 2.59 bits per heavy atom. The second kappa shape index (κ2) is 10.5. The summed E-state index contributed by atoms with van der Waals surface area (Å²) in [6.45, 7) is 1.58. The van der Waals surface area contributed by atoms with Gasteiger partial charge in [-0.25, -0.2) is 4.39 Å². The molecule has 0 aliphatic heterocycles. The predicted octanol–water partition coefficient (Wildman–Crippen LogP) is 2.85. The largest absolute Gasteiger partial charge is 0.354 e. The van der Waals surface area contributed by atoms with Gasteiger partial charge in [0, 0.05) is 38.8 Å². The molecule has 0 aliphatic carbocycles. The highest BCUT2D eigenvalue weighted by Gasteiger charge is 2.09. The Kier molecular flexibility index (Phi) is 8.07. The van der Waals surface area contributed by atoms with E-state index in [4.69, 9.17) is 11.6 Å². The van der Waals surface area contributed by atoms with E-state index < -0.39 is 0 Å². The Labute approximate surface area is 164 Å². The summed E-state index contributed by atoms with van der Waals surface area (Å²) in [7, 11) is 3.62. The minimum absolute atomic E-state index is 0.151. The Morgan fingerprint density at radius 2 is 1.89 bits per heavy atom. The molecule has 0 aromatic heterocycles. The lowest BCUT2D eigenvalue weighted by Crippen LogP contribution is -2.42. The molecule has 0 bridgehead atoms. The van der Waals surface area contributed by atoms with Crippen molar-refractivity contribution < 1.29 is 9.18 Å². The van der Waals surface area contributed by atoms with Crippen molar-refractivity contribution in [2.24, 2.45) is 4.99 Å². The van der Waals surface area contributed by atoms with Crippen LogP contribution in [0, 0.1) is 5.82 Å². The monoisotopic (exact) mass is 390 g/mol. The summed E-state index contributed by atoms with van der Waals surface area (Å²) in [4.78, 5) is 18.1. The van der Waals surface area contributed by atoms with Crippen molar-refractivity contribution in [2.75, 3.05) is 27.2 Å². The lowest BCUT2D eigenvalue weighted by atomic mass is 10.1. The topological polar surface area (TPSA) is 56.7 Å². The molecule has 144 valence electrons. The number of hydrogen-bond donors (Lipinski definition) is 2. The predicted molar refractivity (Wildman–Crippen MR) is 107 cm³/mol. The van der Waals surface area contributed by atoms with Crippen LogP contribution in [-0.4, -0.2) is 44.0 Å². The van der Waals surface area contributed by atoms with Crippen molar-refractivity contribution >= 4 is 23.5 Å². The van der Waals surface area contributed by atoms with Gasteiger partial charge in [0.2, 0.25) is 5.91 Å². The van der Waals surface area contributed by atoms with Gasteiger partial charge in [0.1, 0.15) is 5.82 Å². The summed E-state index contributed by atoms with van der Waals surface area (Å²) in [6.07, 6.45) is 0.152. The molecule has 0 spiro atoms. The van der Waals surface area contributed by atoms with Crippen molar-refractivity contribution in [3.63, 3.8) is 0 Å². The zero-order valence-corrected chi connectivity index (χ0v) is 16.3. The highest BCUT2D eigenvalue weighted by atomic mass is 35.5. The lowest BCUT2D eigenvalue weighted by molar-refractivity contribution is -0.120. The fourth-order valence-corrected chi connectivity index (χ4v) is 2.81. The van der Waals surface area contributed by atoms with E-state index in [9.17, 15) is 9.18 Å². The van der Waals surface area contributed by atoms with Crippen molar-refractivity contribution in [1.29, 1.82) is 0 Å². The summed E-state index contributed by atoms with van der Waals surface area (Å²) < 4.78 is 13.1. The number of nitrogens with zero attached hydrogens (tertiary/aromatic N) is 2. The number of rotatable bonds is 7. The molecule has 0 atom stereocenters. The standard InChI is InChI=1S/C20H24ClFN4O/c1-23-20(26(2)14-16-7-3-4-9-18(16)21)25-11-10-24-19(27)13-15-6-5-8-17(22)12-15/h3-9,12H,10-11,13-14H2,1-2H3,(H,23,25)(H,24,27). The molecule has 0 heterocycles. The van der Waals surface area contributed by atoms with E-state index in [1.165, 1.54) is 12.1 Å². The van der Waals surface area contributed by atoms with E-state index in [1.807, 2.05) is 36.2 Å². The number of carbonyl (C=O) groups excluding carboxylic acids is 1. The van der Waals surface area contributed by atoms with Gasteiger partial charge >= 0.3 is 0 Å². The van der Waals surface area contributed by atoms with Crippen LogP contribution >= 0.6 is 11.6 Å². The minimum atomic E-state index is -0.340. The number of amides is 1. The third kappa shape index (κ3) is 6.90. The van der Waals surface area contributed by atoms with E-state index in [-0.39, 0.29) is 18.1 Å². The van der Waals surface area contributed by atoms with Gasteiger partial charge in [-0.3, -0.25) is 9.79 Å². The first-order chi connectivity index (χ1) is 13.0. The molecule has 0 aliphatic rings. The molecule has 2 N–H and O–H groups in total. The Bertz CT molecular complexity index is 797. The fraction of sp³-hybridized carbons (Fsp3) is 0.300. The molecule has 0 saturated heterocycles. The van der Waals surface area contributed by atoms with Crippen molar-refractivity contribution in [2.45, 2.75) is 13.0 Å². The van der Waals surface area contributed by atoms with E-state index in [2.05, 4.69) is 15.6 Å². The first-order valence-corrected chi connectivity index (χ1v) is 9.03. The van der Waals surface area contributed by atoms with Crippen LogP contribution in [0.1, 0.15) is 11.1 Å². The Hall–Kier alpha value is -2.60. The molecule has 5 nitrogen and oxygen atoms in total. The first kappa shape index (κ1) is 20.7. The molecule has 2 aromatic carbocycles. The Balaban J connectivity index is 1.74. The van der Waals surface area contributed by atoms with Gasteiger partial charge in [0.15, 0.2) is 5.96 Å². The number of nitrogens with one attached hydrogen (secondary N) is 2. The molecule has 7 heteroatoms. The van der Waals surface area contributed by atoms with E-state index in [1.54, 1.807) is 19.2 Å². The van der Waals surface area contributed by atoms with Gasteiger partial charge in [-0.15, -0.1) is 0 Å². The molecule has 1 amide bonds. The number of guanidine groups is 1. The molecule has 27 heavy (non-hydrogen) atoms. The van der Waals surface area contributed by atoms with Gasteiger partial charge in [-0.1, -0.05) is 41.9 Å². The summed E-state index contributed by atoms with van der Waals surface area (Å²) in [5.41, 5.74) is 1.66. The normalized spacial score (nSPS) is 11.2. The van der Waals surface area contributed by atoms with Crippen molar-refractivity contribution in [3.8, 4) is 0 Å². The molecular formula is C20H24ClFN4O. The maximum atomic E-state index is 13.1. The van der Waals surface area contributed by atoms with Crippen molar-refractivity contribution in [3.05, 3.63) is 70.5 Å². The second-order valence-corrected chi connectivity index (χ2v) is 6.49. The maximum absolute atomic E-state index is 13.1. The minimum Gasteiger partial charge on any atom is -0.354 e. The van der Waals surface area contributed by atoms with Gasteiger partial charge in [0.25, 0.3) is 0 Å². The molecule has 0 radical (unpaired) electrons. The number of halogens is 2. The molecule has 0 fully saturated rings. The Morgan fingerprint density at radius 1 is 1.15 bits per heavy atom. The third-order valence-corrected chi connectivity index (χ3v) is 4.29. The number of carbonyl (C=O) groups is 1. The molecule has 2 rings (SSSR count).